The maximum Gasteiger partial charge on any atom is 0.237 e. The Hall–Kier alpha value is -1.29. The van der Waals surface area contributed by atoms with E-state index in [1.807, 2.05) is 0 Å². The van der Waals surface area contributed by atoms with Crippen molar-refractivity contribution in [2.45, 2.75) is 61.4 Å². The molecule has 2 fully saturated rings. The lowest BCUT2D eigenvalue weighted by molar-refractivity contribution is -0.359. The summed E-state index contributed by atoms with van der Waals surface area (Å²) in [7, 11) is 0. The first-order valence-corrected chi connectivity index (χ1v) is 7.64. The number of hydrogen-bond acceptors (Lipinski definition) is 12. The van der Waals surface area contributed by atoms with Gasteiger partial charge in [0, 0.05) is 4.91 Å². The van der Waals surface area contributed by atoms with Crippen LogP contribution in [0.15, 0.2) is 5.28 Å². The van der Waals surface area contributed by atoms with Gasteiger partial charge in [-0.25, -0.2) is 0 Å². The van der Waals surface area contributed by atoms with E-state index in [1.54, 1.807) is 0 Å². The van der Waals surface area contributed by atoms with Crippen LogP contribution >= 0.6 is 0 Å². The molecule has 2 heterocycles. The lowest BCUT2D eigenvalue weighted by atomic mass is 9.97. The summed E-state index contributed by atoms with van der Waals surface area (Å²) in [5.41, 5.74) is 8.21. The highest BCUT2D eigenvalue weighted by Crippen LogP contribution is 2.29. The molecular weight excluding hydrogens is 362 g/mol. The SMILES string of the molecule is [N-]=[N+]=NO[C@@H]1O[C@H](CO)[C@@H](O[C@@H]2O[C@H](CO)[C@H](O)[C@H](O)[C@H]2O)[C@H](O)[C@H]1O. The normalized spacial score (nSPS) is 46.4. The smallest absolute Gasteiger partial charge is 0.237 e. The third-order valence-corrected chi connectivity index (χ3v) is 4.15. The highest BCUT2D eigenvalue weighted by molar-refractivity contribution is 4.93. The van der Waals surface area contributed by atoms with Crippen molar-refractivity contribution in [2.75, 3.05) is 13.2 Å². The minimum atomic E-state index is -1.76. The molecule has 0 unspecified atom stereocenters. The van der Waals surface area contributed by atoms with Gasteiger partial charge in [0.15, 0.2) is 6.29 Å². The Kier molecular flexibility index (Phi) is 7.33. The van der Waals surface area contributed by atoms with Crippen LogP contribution in [0.1, 0.15) is 0 Å². The monoisotopic (exact) mass is 383 g/mol. The molecule has 0 radical (unpaired) electrons. The molecule has 14 nitrogen and oxygen atoms in total. The summed E-state index contributed by atoms with van der Waals surface area (Å²) in [4.78, 5) is 6.80. The number of hydrogen-bond donors (Lipinski definition) is 7. The van der Waals surface area contributed by atoms with Crippen molar-refractivity contribution in [1.82, 2.24) is 0 Å². The van der Waals surface area contributed by atoms with Crippen LogP contribution in [0.3, 0.4) is 0 Å². The van der Waals surface area contributed by atoms with Crippen molar-refractivity contribution in [1.29, 1.82) is 0 Å². The highest BCUT2D eigenvalue weighted by Gasteiger charge is 2.50. The van der Waals surface area contributed by atoms with Crippen LogP contribution in [0.5, 0.6) is 0 Å². The van der Waals surface area contributed by atoms with Crippen molar-refractivity contribution in [3.8, 4) is 0 Å². The minimum Gasteiger partial charge on any atom is -0.400 e. The molecule has 0 aromatic rings. The van der Waals surface area contributed by atoms with Gasteiger partial charge in [-0.2, -0.15) is 0 Å². The van der Waals surface area contributed by atoms with E-state index in [0.717, 1.165) is 0 Å². The molecule has 150 valence electrons. The fourth-order valence-electron chi connectivity index (χ4n) is 2.71. The van der Waals surface area contributed by atoms with Crippen molar-refractivity contribution >= 4 is 0 Å². The lowest BCUT2D eigenvalue weighted by Crippen LogP contribution is -2.64. The molecule has 2 rings (SSSR count). The Bertz CT molecular complexity index is 503. The summed E-state index contributed by atoms with van der Waals surface area (Å²) in [6.45, 7) is -1.41. The van der Waals surface area contributed by atoms with E-state index in [-0.39, 0.29) is 0 Å². The molecule has 0 spiro atoms. The number of aliphatic hydroxyl groups excluding tert-OH is 7. The molecule has 0 amide bonds. The fraction of sp³-hybridized carbons (Fsp3) is 1.00. The van der Waals surface area contributed by atoms with Crippen LogP contribution in [0.2, 0.25) is 0 Å². The van der Waals surface area contributed by atoms with E-state index in [9.17, 15) is 30.6 Å². The number of rotatable bonds is 6. The lowest BCUT2D eigenvalue weighted by Gasteiger charge is -2.45. The topological polar surface area (TPSA) is 227 Å². The Labute approximate surface area is 146 Å². The van der Waals surface area contributed by atoms with Gasteiger partial charge in [-0.05, 0) is 5.53 Å². The van der Waals surface area contributed by atoms with Gasteiger partial charge in [-0.15, -0.1) is 0 Å². The van der Waals surface area contributed by atoms with Crippen LogP contribution in [0.4, 0.5) is 0 Å². The molecule has 0 saturated carbocycles. The maximum absolute atomic E-state index is 10.2. The van der Waals surface area contributed by atoms with Crippen molar-refractivity contribution in [3.63, 3.8) is 0 Å². The standard InChI is InChI=1S/C12H21N3O11/c13-14-15-26-12-9(22)7(20)10(4(2-17)24-12)25-11-8(21)6(19)5(18)3(1-16)23-11/h3-12,16-22H,1-2H2/t3-,4-,5+,6+,7-,8-,9-,10-,11+,12+/m1/s1. The van der Waals surface area contributed by atoms with E-state index in [2.05, 4.69) is 15.0 Å². The van der Waals surface area contributed by atoms with Crippen molar-refractivity contribution < 1.29 is 54.8 Å². The third-order valence-electron chi connectivity index (χ3n) is 4.15. The number of azide groups is 1. The van der Waals surface area contributed by atoms with Crippen LogP contribution in [0.25, 0.3) is 10.4 Å². The second-order valence-electron chi connectivity index (χ2n) is 5.78. The quantitative estimate of drug-likeness (QED) is 0.101. The molecule has 0 bridgehead atoms. The summed E-state index contributed by atoms with van der Waals surface area (Å²) in [5.74, 6) is 0. The molecule has 10 atom stereocenters. The molecule has 2 aliphatic heterocycles. The Morgan fingerprint density at radius 3 is 1.96 bits per heavy atom. The molecule has 0 aliphatic carbocycles. The van der Waals surface area contributed by atoms with E-state index in [1.165, 1.54) is 0 Å². The largest absolute Gasteiger partial charge is 0.400 e. The summed E-state index contributed by atoms with van der Waals surface area (Å²) in [6.07, 6.45) is -15.8. The predicted molar refractivity (Wildman–Crippen MR) is 76.6 cm³/mol. The van der Waals surface area contributed by atoms with Gasteiger partial charge in [0.25, 0.3) is 0 Å². The second-order valence-corrected chi connectivity index (χ2v) is 5.78. The first-order valence-electron chi connectivity index (χ1n) is 7.64. The molecule has 2 saturated heterocycles. The second kappa shape index (κ2) is 9.07. The van der Waals surface area contributed by atoms with E-state index >= 15 is 0 Å². The first kappa shape index (κ1) is 21.0. The van der Waals surface area contributed by atoms with Crippen LogP contribution in [-0.4, -0.2) is 110 Å². The van der Waals surface area contributed by atoms with Crippen LogP contribution < -0.4 is 0 Å². The van der Waals surface area contributed by atoms with Gasteiger partial charge in [0.1, 0.15) is 54.1 Å². The third kappa shape index (κ3) is 4.16. The molecule has 0 aromatic carbocycles. The molecular formula is C12H21N3O11. The Morgan fingerprint density at radius 1 is 0.808 bits per heavy atom. The van der Waals surface area contributed by atoms with Gasteiger partial charge < -0.3 is 54.8 Å². The summed E-state index contributed by atoms with van der Waals surface area (Å²) >= 11 is 0. The van der Waals surface area contributed by atoms with Gasteiger partial charge in [0.2, 0.25) is 6.29 Å². The van der Waals surface area contributed by atoms with E-state index in [0.29, 0.717) is 0 Å². The minimum absolute atomic E-state index is 0.692. The van der Waals surface area contributed by atoms with E-state index < -0.39 is 74.6 Å². The zero-order valence-electron chi connectivity index (χ0n) is 13.3. The van der Waals surface area contributed by atoms with Gasteiger partial charge in [-0.1, -0.05) is 0 Å². The summed E-state index contributed by atoms with van der Waals surface area (Å²) in [5, 5.41) is 70.9. The first-order chi connectivity index (χ1) is 12.3. The predicted octanol–water partition coefficient (Wildman–Crippen LogP) is -4.15. The summed E-state index contributed by atoms with van der Waals surface area (Å²) < 4.78 is 15.6. The molecule has 26 heavy (non-hydrogen) atoms. The van der Waals surface area contributed by atoms with Gasteiger partial charge in [-0.3, -0.25) is 0 Å². The summed E-state index contributed by atoms with van der Waals surface area (Å²) in [6, 6.07) is 0. The van der Waals surface area contributed by atoms with E-state index in [4.69, 9.17) is 24.8 Å². The molecule has 2 aliphatic rings. The Balaban J connectivity index is 2.12. The number of nitrogens with zero attached hydrogens (tertiary/aromatic N) is 3. The Morgan fingerprint density at radius 2 is 1.38 bits per heavy atom. The van der Waals surface area contributed by atoms with Crippen LogP contribution in [-0.2, 0) is 19.0 Å². The van der Waals surface area contributed by atoms with Gasteiger partial charge in [0.05, 0.1) is 13.2 Å². The average Bonchev–Trinajstić information content (AvgIpc) is 2.64. The molecule has 0 aromatic heterocycles. The fourth-order valence-corrected chi connectivity index (χ4v) is 2.71. The zero-order chi connectivity index (χ0) is 19.4. The zero-order valence-corrected chi connectivity index (χ0v) is 13.3. The van der Waals surface area contributed by atoms with Crippen LogP contribution in [0, 0.1) is 0 Å². The van der Waals surface area contributed by atoms with Crippen molar-refractivity contribution in [3.05, 3.63) is 10.4 Å². The maximum atomic E-state index is 10.2. The van der Waals surface area contributed by atoms with Crippen molar-refractivity contribution in [2.24, 2.45) is 5.28 Å². The number of aliphatic hydroxyl groups is 7. The molecule has 7 N–H and O–H groups in total. The molecule has 14 heteroatoms. The highest BCUT2D eigenvalue weighted by atomic mass is 16.8. The van der Waals surface area contributed by atoms with Gasteiger partial charge >= 0.3 is 0 Å². The average molecular weight is 383 g/mol. The number of ether oxygens (including phenoxy) is 3.